The summed E-state index contributed by atoms with van der Waals surface area (Å²) in [5.41, 5.74) is 2.98. The number of allylic oxidation sites excluding steroid dienone is 2. The number of hydrogen-bond acceptors (Lipinski definition) is 3. The van der Waals surface area contributed by atoms with Crippen molar-refractivity contribution in [2.75, 3.05) is 6.61 Å². The van der Waals surface area contributed by atoms with E-state index >= 15 is 0 Å². The fraction of sp³-hybridized carbons (Fsp3) is 0.778. The second-order valence-electron chi connectivity index (χ2n) is 10.6. The quantitative estimate of drug-likeness (QED) is 0.440. The van der Waals surface area contributed by atoms with Gasteiger partial charge in [-0.1, -0.05) is 83.1 Å². The van der Waals surface area contributed by atoms with Gasteiger partial charge >= 0.3 is 0 Å². The van der Waals surface area contributed by atoms with Gasteiger partial charge in [0.05, 0.1) is 12.0 Å². The lowest BCUT2D eigenvalue weighted by Crippen LogP contribution is -2.30. The van der Waals surface area contributed by atoms with Crippen LogP contribution in [-0.4, -0.2) is 18.8 Å². The fourth-order valence-corrected chi connectivity index (χ4v) is 3.44. The molecule has 3 aliphatic heterocycles. The van der Waals surface area contributed by atoms with Crippen molar-refractivity contribution in [2.24, 2.45) is 35.5 Å². The van der Waals surface area contributed by atoms with E-state index in [4.69, 9.17) is 14.2 Å². The molecule has 0 bridgehead atoms. The van der Waals surface area contributed by atoms with Gasteiger partial charge in [0.2, 0.25) is 0 Å². The third-order valence-corrected chi connectivity index (χ3v) is 5.70. The maximum absolute atomic E-state index is 5.52. The summed E-state index contributed by atoms with van der Waals surface area (Å²) in [6, 6.07) is 0. The van der Waals surface area contributed by atoms with Crippen LogP contribution >= 0.6 is 0 Å². The minimum Gasteiger partial charge on any atom is -0.493 e. The molecule has 3 heterocycles. The van der Waals surface area contributed by atoms with E-state index in [1.165, 1.54) is 22.7 Å². The zero-order valence-electron chi connectivity index (χ0n) is 21.7. The minimum absolute atomic E-state index is 0.386. The first kappa shape index (κ1) is 26.7. The van der Waals surface area contributed by atoms with Crippen molar-refractivity contribution < 1.29 is 14.2 Å². The Labute approximate surface area is 186 Å². The lowest BCUT2D eigenvalue weighted by molar-refractivity contribution is 0.0489. The molecule has 0 N–H and O–H groups in total. The Morgan fingerprint density at radius 2 is 1.30 bits per heavy atom. The smallest absolute Gasteiger partial charge is 0.125 e. The molecule has 3 rings (SSSR count). The average molecular weight is 421 g/mol. The van der Waals surface area contributed by atoms with Crippen LogP contribution in [0.1, 0.15) is 83.1 Å². The highest BCUT2D eigenvalue weighted by Crippen LogP contribution is 2.31. The van der Waals surface area contributed by atoms with Gasteiger partial charge in [-0.2, -0.15) is 0 Å². The molecule has 0 amide bonds. The van der Waals surface area contributed by atoms with E-state index in [1.54, 1.807) is 0 Å². The monoisotopic (exact) mass is 420 g/mol. The highest BCUT2D eigenvalue weighted by Gasteiger charge is 2.28. The van der Waals surface area contributed by atoms with Crippen LogP contribution in [-0.2, 0) is 14.2 Å². The second kappa shape index (κ2) is 11.9. The molecule has 0 spiro atoms. The van der Waals surface area contributed by atoms with Crippen molar-refractivity contribution in [1.29, 1.82) is 0 Å². The maximum Gasteiger partial charge on any atom is 0.125 e. The van der Waals surface area contributed by atoms with E-state index in [9.17, 15) is 0 Å². The molecule has 0 saturated carbocycles. The van der Waals surface area contributed by atoms with Gasteiger partial charge in [-0.3, -0.25) is 0 Å². The van der Waals surface area contributed by atoms with Crippen molar-refractivity contribution >= 4 is 0 Å². The van der Waals surface area contributed by atoms with E-state index < -0.39 is 0 Å². The van der Waals surface area contributed by atoms with Gasteiger partial charge in [-0.05, 0) is 29.7 Å². The summed E-state index contributed by atoms with van der Waals surface area (Å²) in [5.74, 6) is 6.12. The van der Waals surface area contributed by atoms with Gasteiger partial charge in [-0.15, -0.1) is 0 Å². The second-order valence-corrected chi connectivity index (χ2v) is 10.6. The molecule has 2 atom stereocenters. The first-order chi connectivity index (χ1) is 13.9. The maximum atomic E-state index is 5.52. The predicted molar refractivity (Wildman–Crippen MR) is 128 cm³/mol. The molecule has 3 nitrogen and oxygen atoms in total. The number of ether oxygens (including phenoxy) is 3. The van der Waals surface area contributed by atoms with E-state index in [1.807, 2.05) is 6.26 Å². The predicted octanol–water partition coefficient (Wildman–Crippen LogP) is 7.74. The summed E-state index contributed by atoms with van der Waals surface area (Å²) in [5, 5.41) is 0. The van der Waals surface area contributed by atoms with Crippen molar-refractivity contribution in [2.45, 2.75) is 95.3 Å². The van der Waals surface area contributed by atoms with Gasteiger partial charge in [0.1, 0.15) is 24.6 Å². The van der Waals surface area contributed by atoms with Crippen LogP contribution in [0.3, 0.4) is 0 Å². The summed E-state index contributed by atoms with van der Waals surface area (Å²) >= 11 is 0. The molecule has 0 aromatic rings. The summed E-state index contributed by atoms with van der Waals surface area (Å²) < 4.78 is 16.2. The molecule has 30 heavy (non-hydrogen) atoms. The lowest BCUT2D eigenvalue weighted by atomic mass is 9.89. The molecule has 0 aromatic heterocycles. The zero-order chi connectivity index (χ0) is 23.2. The van der Waals surface area contributed by atoms with Crippen LogP contribution < -0.4 is 0 Å². The Kier molecular flexibility index (Phi) is 10.5. The van der Waals surface area contributed by atoms with Gasteiger partial charge in [-0.25, -0.2) is 0 Å². The van der Waals surface area contributed by atoms with Gasteiger partial charge < -0.3 is 14.2 Å². The Bertz CT molecular complexity index is 600. The summed E-state index contributed by atoms with van der Waals surface area (Å²) in [6.07, 6.45) is 4.92. The first-order valence-electron chi connectivity index (χ1n) is 12.0. The summed E-state index contributed by atoms with van der Waals surface area (Å²) in [4.78, 5) is 0. The van der Waals surface area contributed by atoms with Crippen LogP contribution in [0.4, 0.5) is 0 Å². The van der Waals surface area contributed by atoms with Gasteiger partial charge in [0, 0.05) is 23.0 Å². The molecule has 174 valence electrons. The average Bonchev–Trinajstić information content (AvgIpc) is 2.40. The molecule has 0 aliphatic carbocycles. The number of rotatable bonds is 6. The van der Waals surface area contributed by atoms with E-state index in [-0.39, 0.29) is 0 Å². The topological polar surface area (TPSA) is 27.7 Å². The van der Waals surface area contributed by atoms with Crippen LogP contribution in [0.15, 0.2) is 35.0 Å². The molecule has 3 heteroatoms. The van der Waals surface area contributed by atoms with E-state index in [2.05, 4.69) is 89.2 Å². The molecule has 0 saturated heterocycles. The zero-order valence-corrected chi connectivity index (χ0v) is 21.7. The van der Waals surface area contributed by atoms with E-state index in [0.717, 1.165) is 6.61 Å². The number of hydrogen-bond donors (Lipinski definition) is 0. The normalized spacial score (nSPS) is 22.1. The van der Waals surface area contributed by atoms with Gasteiger partial charge in [0.25, 0.3) is 0 Å². The molecule has 0 fully saturated rings. The third kappa shape index (κ3) is 7.39. The molecule has 0 aromatic carbocycles. The Balaban J connectivity index is 0.000000225. The largest absolute Gasteiger partial charge is 0.493 e. The van der Waals surface area contributed by atoms with Crippen molar-refractivity contribution in [3.8, 4) is 0 Å². The molecular formula is C27H48O3. The molecule has 3 aliphatic rings. The van der Waals surface area contributed by atoms with Gasteiger partial charge in [0.15, 0.2) is 0 Å². The summed E-state index contributed by atoms with van der Waals surface area (Å²) in [7, 11) is 0. The first-order valence-corrected chi connectivity index (χ1v) is 12.0. The highest BCUT2D eigenvalue weighted by molar-refractivity contribution is 5.20. The standard InChI is InChI=1S/3C9H16O/c2*1-6(2)8-5-10-9(8)7(3)4;1-6(2)8-5-9(10-8)7(3)4/h6-7H,5H2,1-4H3;5-7,9H,1-4H3;5-8H,1-4H3. The SMILES string of the molecule is CC(C)C1=C(C(C)C)OC1.CC(C)C1=CC(C(C)C)O1.CC(C)C1=COC1C(C)C. The van der Waals surface area contributed by atoms with Crippen LogP contribution in [0.2, 0.25) is 0 Å². The van der Waals surface area contributed by atoms with Crippen LogP contribution in [0.25, 0.3) is 0 Å². The molecular weight excluding hydrogens is 372 g/mol. The highest BCUT2D eigenvalue weighted by atomic mass is 16.5. The third-order valence-electron chi connectivity index (χ3n) is 5.70. The summed E-state index contributed by atoms with van der Waals surface area (Å²) in [6.45, 7) is 27.1. The molecule has 0 radical (unpaired) electrons. The van der Waals surface area contributed by atoms with Crippen molar-refractivity contribution in [1.82, 2.24) is 0 Å². The Hall–Kier alpha value is -1.38. The minimum atomic E-state index is 0.386. The fourth-order valence-electron chi connectivity index (χ4n) is 3.44. The van der Waals surface area contributed by atoms with Crippen molar-refractivity contribution in [3.63, 3.8) is 0 Å². The van der Waals surface area contributed by atoms with Crippen molar-refractivity contribution in [3.05, 3.63) is 35.0 Å². The van der Waals surface area contributed by atoms with Crippen LogP contribution in [0.5, 0.6) is 0 Å². The molecule has 2 unspecified atom stereocenters. The van der Waals surface area contributed by atoms with Crippen LogP contribution in [0, 0.1) is 35.5 Å². The Morgan fingerprint density at radius 1 is 0.733 bits per heavy atom. The lowest BCUT2D eigenvalue weighted by Gasteiger charge is -2.33. The van der Waals surface area contributed by atoms with E-state index in [0.29, 0.717) is 47.7 Å². The Morgan fingerprint density at radius 3 is 1.47 bits per heavy atom.